The normalized spacial score (nSPS) is 25.2. The van der Waals surface area contributed by atoms with Crippen molar-refractivity contribution >= 4 is 35.6 Å². The van der Waals surface area contributed by atoms with Gasteiger partial charge >= 0.3 is 6.09 Å². The maximum atomic E-state index is 14.8. The first-order valence-electron chi connectivity index (χ1n) is 24.4. The van der Waals surface area contributed by atoms with E-state index >= 15 is 0 Å². The second-order valence-corrected chi connectivity index (χ2v) is 18.7. The van der Waals surface area contributed by atoms with E-state index in [1.54, 1.807) is 20.9 Å². The van der Waals surface area contributed by atoms with Crippen molar-refractivity contribution in [2.45, 2.75) is 174 Å². The number of benzene rings is 2. The molecule has 0 aromatic heterocycles. The zero-order chi connectivity index (χ0) is 48.0. The van der Waals surface area contributed by atoms with E-state index in [1.165, 1.54) is 4.90 Å². The zero-order valence-electron chi connectivity index (χ0n) is 40.5. The summed E-state index contributed by atoms with van der Waals surface area (Å²) in [4.78, 5) is 87.4. The Hall–Kier alpha value is -5.02. The molecule has 1 heterocycles. The lowest BCUT2D eigenvalue weighted by Crippen LogP contribution is -2.63. The van der Waals surface area contributed by atoms with Gasteiger partial charge in [0.2, 0.25) is 29.5 Å². The predicted molar refractivity (Wildman–Crippen MR) is 254 cm³/mol. The Morgan fingerprint density at radius 1 is 0.773 bits per heavy atom. The number of hydrogen-bond acceptors (Lipinski definition) is 9. The molecule has 2 aliphatic rings. The summed E-state index contributed by atoms with van der Waals surface area (Å²) in [7, 11) is 1.63. The zero-order valence-corrected chi connectivity index (χ0v) is 40.5. The van der Waals surface area contributed by atoms with Gasteiger partial charge in [0.25, 0.3) is 0 Å². The highest BCUT2D eigenvalue weighted by molar-refractivity contribution is 5.96. The second-order valence-electron chi connectivity index (χ2n) is 18.7. The van der Waals surface area contributed by atoms with Crippen molar-refractivity contribution in [3.63, 3.8) is 0 Å². The summed E-state index contributed by atoms with van der Waals surface area (Å²) >= 11 is 0. The monoisotopic (exact) mass is 919 g/mol. The van der Waals surface area contributed by atoms with Crippen molar-refractivity contribution in [2.75, 3.05) is 20.2 Å². The summed E-state index contributed by atoms with van der Waals surface area (Å²) in [6, 6.07) is 13.3. The van der Waals surface area contributed by atoms with Crippen LogP contribution < -0.4 is 26.6 Å². The molecule has 5 N–H and O–H groups in total. The third-order valence-corrected chi connectivity index (χ3v) is 12.7. The number of carbonyl (C=O) groups is 6. The van der Waals surface area contributed by atoms with Gasteiger partial charge in [0.05, 0.1) is 37.9 Å². The maximum absolute atomic E-state index is 14.8. The Kier molecular flexibility index (Phi) is 22.9. The van der Waals surface area contributed by atoms with Gasteiger partial charge in [0, 0.05) is 13.1 Å². The number of hydrogen-bond donors (Lipinski definition) is 5. The number of unbranched alkanes of at least 4 members (excludes halogenated alkanes) is 3. The SMILES string of the molecule is CCCCCC[C@H]1OC[C@@H](C)NC(=O)[C@H]([C@H](C)OCc2ccccc2)NC(=O)[C@H](CNC(=O)OCc2ccccc2)NC(=O)[C@H](C2CCCCCC2)NC(=O)[C@H](CC(C)C)N(C)C(=O)[C@@H]1C. The summed E-state index contributed by atoms with van der Waals surface area (Å²) in [6.07, 6.45) is 7.62. The van der Waals surface area contributed by atoms with Crippen molar-refractivity contribution in [3.8, 4) is 0 Å². The molecule has 6 amide bonds. The van der Waals surface area contributed by atoms with E-state index in [-0.39, 0.29) is 37.6 Å². The van der Waals surface area contributed by atoms with Crippen LogP contribution >= 0.6 is 0 Å². The summed E-state index contributed by atoms with van der Waals surface area (Å²) in [5, 5.41) is 14.4. The molecule has 15 heteroatoms. The van der Waals surface area contributed by atoms with Crippen molar-refractivity contribution in [3.05, 3.63) is 71.8 Å². The van der Waals surface area contributed by atoms with Crippen LogP contribution in [0.15, 0.2) is 60.7 Å². The molecule has 1 aliphatic carbocycles. The van der Waals surface area contributed by atoms with Gasteiger partial charge in [-0.25, -0.2) is 4.79 Å². The number of alkyl carbamates (subject to hydrolysis) is 1. The molecule has 0 unspecified atom stereocenters. The quantitative estimate of drug-likeness (QED) is 0.0946. The van der Waals surface area contributed by atoms with Gasteiger partial charge < -0.3 is 45.7 Å². The van der Waals surface area contributed by atoms with Crippen molar-refractivity contribution in [1.82, 2.24) is 31.5 Å². The maximum Gasteiger partial charge on any atom is 0.407 e. The molecule has 1 aliphatic heterocycles. The van der Waals surface area contributed by atoms with Crippen LogP contribution in [-0.4, -0.2) is 103 Å². The Morgan fingerprint density at radius 2 is 1.41 bits per heavy atom. The third kappa shape index (κ3) is 17.7. The van der Waals surface area contributed by atoms with E-state index in [9.17, 15) is 28.8 Å². The van der Waals surface area contributed by atoms with Crippen molar-refractivity contribution in [2.24, 2.45) is 17.8 Å². The van der Waals surface area contributed by atoms with E-state index in [4.69, 9.17) is 14.2 Å². The van der Waals surface area contributed by atoms with Crippen LogP contribution in [0, 0.1) is 17.8 Å². The largest absolute Gasteiger partial charge is 0.445 e. The Bertz CT molecular complexity index is 1810. The fourth-order valence-electron chi connectivity index (χ4n) is 8.68. The number of ether oxygens (including phenoxy) is 3. The molecule has 366 valence electrons. The first kappa shape index (κ1) is 53.6. The fourth-order valence-corrected chi connectivity index (χ4v) is 8.68. The molecule has 1 saturated heterocycles. The molecule has 15 nitrogen and oxygen atoms in total. The summed E-state index contributed by atoms with van der Waals surface area (Å²) in [5.41, 5.74) is 1.62. The third-order valence-electron chi connectivity index (χ3n) is 12.7. The molecule has 2 aromatic rings. The summed E-state index contributed by atoms with van der Waals surface area (Å²) < 4.78 is 18.1. The number of amides is 6. The molecular formula is C51H78N6O9. The number of nitrogens with one attached hydrogen (secondary N) is 5. The molecule has 66 heavy (non-hydrogen) atoms. The number of nitrogens with zero attached hydrogens (tertiary/aromatic N) is 1. The van der Waals surface area contributed by atoms with Crippen molar-refractivity contribution in [1.29, 1.82) is 0 Å². The predicted octanol–water partition coefficient (Wildman–Crippen LogP) is 6.33. The van der Waals surface area contributed by atoms with Gasteiger partial charge in [-0.2, -0.15) is 0 Å². The lowest BCUT2D eigenvalue weighted by molar-refractivity contribution is -0.147. The standard InChI is InChI=1S/C51H78N6O9/c1-8-9-10-21-28-43-36(5)50(62)57(7)42(29-34(2)3)47(59)56-45(40-26-19-11-12-20-27-40)49(61)54-41(30-52-51(63)66-33-39-24-17-14-18-25-39)46(58)55-44(48(60)53-35(4)31-65-43)37(6)64-32-38-22-15-13-16-23-38/h13-18,22-25,34-37,40-45H,8-12,19-21,26-33H2,1-7H3,(H,52,63)(H,53,60)(H,54,61)(H,55,58)(H,56,59)/t35-,36-,37+,41+,42+,43-,44+,45+/m1/s1. The van der Waals surface area contributed by atoms with E-state index in [0.29, 0.717) is 25.7 Å². The van der Waals surface area contributed by atoms with Gasteiger partial charge in [-0.15, -0.1) is 0 Å². The Labute approximate surface area is 393 Å². The van der Waals surface area contributed by atoms with Gasteiger partial charge in [-0.05, 0) is 62.5 Å². The van der Waals surface area contributed by atoms with E-state index in [2.05, 4.69) is 33.5 Å². The molecule has 0 spiro atoms. The van der Waals surface area contributed by atoms with Crippen LogP contribution in [0.4, 0.5) is 4.79 Å². The first-order chi connectivity index (χ1) is 31.7. The summed E-state index contributed by atoms with van der Waals surface area (Å²) in [6.45, 7) is 11.2. The average Bonchev–Trinajstić information content (AvgIpc) is 3.60. The lowest BCUT2D eigenvalue weighted by Gasteiger charge is -2.35. The van der Waals surface area contributed by atoms with Gasteiger partial charge in [0.15, 0.2) is 0 Å². The number of likely N-dealkylation sites (N-methyl/N-ethyl adjacent to an activating group) is 1. The van der Waals surface area contributed by atoms with Crippen LogP contribution in [0.5, 0.6) is 0 Å². The van der Waals surface area contributed by atoms with E-state index in [1.807, 2.05) is 81.4 Å². The number of carbonyl (C=O) groups excluding carboxylic acids is 6. The molecule has 2 aromatic carbocycles. The van der Waals surface area contributed by atoms with Crippen molar-refractivity contribution < 1.29 is 43.0 Å². The minimum absolute atomic E-state index is 0.0245. The highest BCUT2D eigenvalue weighted by Crippen LogP contribution is 2.27. The fraction of sp³-hybridized carbons (Fsp3) is 0.647. The Morgan fingerprint density at radius 3 is 2.03 bits per heavy atom. The molecule has 8 atom stereocenters. The van der Waals surface area contributed by atoms with E-state index < -0.39 is 84.6 Å². The topological polar surface area (TPSA) is 194 Å². The Balaban J connectivity index is 1.75. The van der Waals surface area contributed by atoms with E-state index in [0.717, 1.165) is 62.5 Å². The lowest BCUT2D eigenvalue weighted by atomic mass is 9.90. The second kappa shape index (κ2) is 28.2. The highest BCUT2D eigenvalue weighted by Gasteiger charge is 2.40. The van der Waals surface area contributed by atoms with Crippen LogP contribution in [0.1, 0.15) is 130 Å². The minimum Gasteiger partial charge on any atom is -0.445 e. The smallest absolute Gasteiger partial charge is 0.407 e. The van der Waals surface area contributed by atoms with Crippen LogP contribution in [0.25, 0.3) is 0 Å². The van der Waals surface area contributed by atoms with Crippen LogP contribution in [0.2, 0.25) is 0 Å². The summed E-state index contributed by atoms with van der Waals surface area (Å²) in [5.74, 6) is -3.54. The molecule has 0 bridgehead atoms. The molecule has 0 radical (unpaired) electrons. The van der Waals surface area contributed by atoms with Gasteiger partial charge in [-0.1, -0.05) is 140 Å². The van der Waals surface area contributed by atoms with Gasteiger partial charge in [-0.3, -0.25) is 24.0 Å². The van der Waals surface area contributed by atoms with Crippen LogP contribution in [-0.2, 0) is 51.4 Å². The number of rotatable bonds is 16. The highest BCUT2D eigenvalue weighted by atomic mass is 16.5. The average molecular weight is 919 g/mol. The molecule has 4 rings (SSSR count). The molecular weight excluding hydrogens is 841 g/mol. The molecule has 2 fully saturated rings. The molecule has 1 saturated carbocycles. The van der Waals surface area contributed by atoms with Gasteiger partial charge in [0.1, 0.15) is 30.8 Å². The first-order valence-corrected chi connectivity index (χ1v) is 24.4. The minimum atomic E-state index is -1.42. The van der Waals surface area contributed by atoms with Crippen LogP contribution in [0.3, 0.4) is 0 Å².